The summed E-state index contributed by atoms with van der Waals surface area (Å²) in [5.74, 6) is 2.28. The van der Waals surface area contributed by atoms with E-state index in [4.69, 9.17) is 0 Å². The summed E-state index contributed by atoms with van der Waals surface area (Å²) in [5.41, 5.74) is 2.51. The van der Waals surface area contributed by atoms with Gasteiger partial charge in [-0.05, 0) is 49.9 Å². The zero-order valence-electron chi connectivity index (χ0n) is 20.3. The van der Waals surface area contributed by atoms with E-state index in [2.05, 4.69) is 65.0 Å². The number of hydrogen-bond acceptors (Lipinski definition) is 2. The van der Waals surface area contributed by atoms with Gasteiger partial charge in [0.15, 0.2) is 0 Å². The van der Waals surface area contributed by atoms with Crippen LogP contribution in [0.15, 0.2) is 24.6 Å². The Morgan fingerprint density at radius 1 is 0.857 bits per heavy atom. The number of rotatable bonds is 19. The molecule has 0 aliphatic heterocycles. The van der Waals surface area contributed by atoms with Crippen molar-refractivity contribution in [1.82, 2.24) is 10.2 Å². The minimum absolute atomic E-state index is 0.583. The molecule has 28 heavy (non-hydrogen) atoms. The maximum atomic E-state index is 4.29. The molecular weight excluding hydrogens is 340 g/mol. The monoisotopic (exact) mass is 392 g/mol. The number of nitrogens with one attached hydrogen (secondary N) is 1. The molecule has 0 aromatic rings. The molecule has 0 saturated heterocycles. The normalized spacial score (nSPS) is 13.4. The van der Waals surface area contributed by atoms with E-state index >= 15 is 0 Å². The summed E-state index contributed by atoms with van der Waals surface area (Å²) in [6, 6.07) is 0. The quantitative estimate of drug-likeness (QED) is 0.226. The molecule has 166 valence electrons. The van der Waals surface area contributed by atoms with Gasteiger partial charge in [-0.3, -0.25) is 0 Å². The first-order valence-corrected chi connectivity index (χ1v) is 12.1. The van der Waals surface area contributed by atoms with E-state index in [1.165, 1.54) is 75.6 Å². The van der Waals surface area contributed by atoms with Crippen molar-refractivity contribution in [2.24, 2.45) is 17.8 Å². The van der Waals surface area contributed by atoms with Crippen molar-refractivity contribution in [2.75, 3.05) is 20.1 Å². The summed E-state index contributed by atoms with van der Waals surface area (Å²) in [5, 5.41) is 3.55. The van der Waals surface area contributed by atoms with Gasteiger partial charge in [-0.2, -0.15) is 0 Å². The molecule has 2 nitrogen and oxygen atoms in total. The van der Waals surface area contributed by atoms with Crippen molar-refractivity contribution in [3.63, 3.8) is 0 Å². The smallest absolute Gasteiger partial charge is 0.0171 e. The van der Waals surface area contributed by atoms with Crippen LogP contribution in [0.4, 0.5) is 0 Å². The van der Waals surface area contributed by atoms with Crippen LogP contribution in [0, 0.1) is 17.8 Å². The molecule has 0 amide bonds. The molecule has 0 fully saturated rings. The molecule has 2 unspecified atom stereocenters. The second-order valence-corrected chi connectivity index (χ2v) is 9.51. The first-order valence-electron chi connectivity index (χ1n) is 12.1. The first kappa shape index (κ1) is 27.1. The van der Waals surface area contributed by atoms with Crippen LogP contribution in [0.3, 0.4) is 0 Å². The van der Waals surface area contributed by atoms with E-state index in [1.807, 2.05) is 0 Å². The lowest BCUT2D eigenvalue weighted by Crippen LogP contribution is -2.20. The SMILES string of the molecule is C=C(NCCCCC(=C)N(C)CCCCC(C)CCC)C(C)CCCC(C)C. The van der Waals surface area contributed by atoms with Crippen molar-refractivity contribution < 1.29 is 0 Å². The minimum Gasteiger partial charge on any atom is -0.389 e. The van der Waals surface area contributed by atoms with Crippen LogP contribution in [0.5, 0.6) is 0 Å². The summed E-state index contributed by atoms with van der Waals surface area (Å²) in [4.78, 5) is 2.37. The van der Waals surface area contributed by atoms with Gasteiger partial charge in [0.25, 0.3) is 0 Å². The van der Waals surface area contributed by atoms with E-state index in [1.54, 1.807) is 0 Å². The largest absolute Gasteiger partial charge is 0.389 e. The Hall–Kier alpha value is -0.920. The molecule has 0 heterocycles. The fraction of sp³-hybridized carbons (Fsp3) is 0.846. The number of unbranched alkanes of at least 4 members (excludes halogenated alkanes) is 2. The summed E-state index contributed by atoms with van der Waals surface area (Å²) in [6.07, 6.45) is 14.1. The van der Waals surface area contributed by atoms with Crippen molar-refractivity contribution in [2.45, 2.75) is 105 Å². The number of allylic oxidation sites excluding steroid dienone is 2. The van der Waals surface area contributed by atoms with Crippen LogP contribution in [-0.4, -0.2) is 25.0 Å². The third-order valence-corrected chi connectivity index (χ3v) is 6.02. The second-order valence-electron chi connectivity index (χ2n) is 9.51. The molecule has 0 bridgehead atoms. The molecule has 0 spiro atoms. The highest BCUT2D eigenvalue weighted by molar-refractivity contribution is 4.96. The van der Waals surface area contributed by atoms with Crippen LogP contribution < -0.4 is 5.32 Å². The second kappa shape index (κ2) is 17.0. The molecule has 0 aromatic carbocycles. The third kappa shape index (κ3) is 15.1. The van der Waals surface area contributed by atoms with E-state index in [0.29, 0.717) is 5.92 Å². The summed E-state index contributed by atoms with van der Waals surface area (Å²) >= 11 is 0. The summed E-state index contributed by atoms with van der Waals surface area (Å²) < 4.78 is 0. The maximum absolute atomic E-state index is 4.29. The Bertz CT molecular complexity index is 399. The molecule has 2 heteroatoms. The topological polar surface area (TPSA) is 15.3 Å². The highest BCUT2D eigenvalue weighted by atomic mass is 15.1. The number of nitrogens with zero attached hydrogens (tertiary/aromatic N) is 1. The van der Waals surface area contributed by atoms with Crippen LogP contribution >= 0.6 is 0 Å². The number of hydrogen-bond donors (Lipinski definition) is 1. The lowest BCUT2D eigenvalue weighted by molar-refractivity contribution is 0.369. The third-order valence-electron chi connectivity index (χ3n) is 6.02. The zero-order valence-corrected chi connectivity index (χ0v) is 20.3. The van der Waals surface area contributed by atoms with E-state index in [-0.39, 0.29) is 0 Å². The molecule has 1 N–H and O–H groups in total. The lowest BCUT2D eigenvalue weighted by Gasteiger charge is -2.22. The zero-order chi connectivity index (χ0) is 21.4. The molecule has 0 saturated carbocycles. The van der Waals surface area contributed by atoms with Crippen LogP contribution in [0.25, 0.3) is 0 Å². The molecule has 0 aliphatic rings. The molecule has 2 atom stereocenters. The average molecular weight is 393 g/mol. The molecular formula is C26H52N2. The van der Waals surface area contributed by atoms with Gasteiger partial charge in [0, 0.05) is 31.5 Å². The van der Waals surface area contributed by atoms with Crippen LogP contribution in [0.1, 0.15) is 105 Å². The molecule has 0 radical (unpaired) electrons. The molecule has 0 rings (SSSR count). The van der Waals surface area contributed by atoms with Crippen LogP contribution in [0.2, 0.25) is 0 Å². The Morgan fingerprint density at radius 2 is 1.57 bits per heavy atom. The fourth-order valence-electron chi connectivity index (χ4n) is 3.71. The van der Waals surface area contributed by atoms with Gasteiger partial charge >= 0.3 is 0 Å². The van der Waals surface area contributed by atoms with Crippen molar-refractivity contribution >= 4 is 0 Å². The van der Waals surface area contributed by atoms with Crippen molar-refractivity contribution in [3.8, 4) is 0 Å². The minimum atomic E-state index is 0.583. The maximum Gasteiger partial charge on any atom is 0.0171 e. The highest BCUT2D eigenvalue weighted by Crippen LogP contribution is 2.17. The van der Waals surface area contributed by atoms with Gasteiger partial charge in [-0.1, -0.05) is 86.3 Å². The highest BCUT2D eigenvalue weighted by Gasteiger charge is 2.07. The van der Waals surface area contributed by atoms with E-state index in [9.17, 15) is 0 Å². The van der Waals surface area contributed by atoms with Gasteiger partial charge in [-0.25, -0.2) is 0 Å². The standard InChI is InChI=1S/C26H52N2/c1-9-15-23(4)17-11-13-21-28(8)25(6)19-10-12-20-27-26(7)24(5)18-14-16-22(2)3/h22-24,27H,6-7,9-21H2,1-5,8H3. The Morgan fingerprint density at radius 3 is 2.21 bits per heavy atom. The molecule has 0 aliphatic carbocycles. The fourth-order valence-corrected chi connectivity index (χ4v) is 3.71. The van der Waals surface area contributed by atoms with Gasteiger partial charge in [-0.15, -0.1) is 0 Å². The van der Waals surface area contributed by atoms with Crippen molar-refractivity contribution in [1.29, 1.82) is 0 Å². The summed E-state index contributed by atoms with van der Waals surface area (Å²) in [7, 11) is 2.21. The van der Waals surface area contributed by atoms with Crippen molar-refractivity contribution in [3.05, 3.63) is 24.6 Å². The molecule has 0 aromatic heterocycles. The van der Waals surface area contributed by atoms with Gasteiger partial charge < -0.3 is 10.2 Å². The van der Waals surface area contributed by atoms with Gasteiger partial charge in [0.1, 0.15) is 0 Å². The Kier molecular flexibility index (Phi) is 16.4. The Labute approximate surface area is 178 Å². The van der Waals surface area contributed by atoms with E-state index in [0.717, 1.165) is 31.3 Å². The predicted molar refractivity (Wildman–Crippen MR) is 129 cm³/mol. The van der Waals surface area contributed by atoms with Gasteiger partial charge in [0.05, 0.1) is 0 Å². The summed E-state index contributed by atoms with van der Waals surface area (Å²) in [6.45, 7) is 22.3. The van der Waals surface area contributed by atoms with E-state index < -0.39 is 0 Å². The predicted octanol–water partition coefficient (Wildman–Crippen LogP) is 7.77. The Balaban J connectivity index is 3.70. The lowest BCUT2D eigenvalue weighted by atomic mass is 9.97. The van der Waals surface area contributed by atoms with Crippen LogP contribution in [-0.2, 0) is 0 Å². The van der Waals surface area contributed by atoms with Gasteiger partial charge in [0.2, 0.25) is 0 Å². The first-order chi connectivity index (χ1) is 13.3. The average Bonchev–Trinajstić information content (AvgIpc) is 2.64.